The van der Waals surface area contributed by atoms with Crippen LogP contribution in [-0.4, -0.2) is 30.5 Å². The molecule has 1 amide bonds. The van der Waals surface area contributed by atoms with Crippen LogP contribution in [0.15, 0.2) is 43.0 Å². The van der Waals surface area contributed by atoms with E-state index in [2.05, 4.69) is 20.5 Å². The Balaban J connectivity index is 1.93. The zero-order chi connectivity index (χ0) is 14.8. The zero-order valence-corrected chi connectivity index (χ0v) is 11.7. The molecule has 0 aliphatic carbocycles. The van der Waals surface area contributed by atoms with Gasteiger partial charge in [0.05, 0.1) is 17.6 Å². The quantitative estimate of drug-likeness (QED) is 0.789. The standard InChI is InChI=1S/C14H14N6O/c1-19-9-10(8-17-19)13-11(4-3-6-15-13)18-14(21)12-5-7-16-20(12)2/h3-9H,1-2H3,(H,18,21). The fourth-order valence-electron chi connectivity index (χ4n) is 2.06. The molecule has 3 aromatic rings. The van der Waals surface area contributed by atoms with Gasteiger partial charge in [0, 0.05) is 38.2 Å². The van der Waals surface area contributed by atoms with Crippen molar-refractivity contribution < 1.29 is 4.79 Å². The molecule has 0 spiro atoms. The molecule has 0 aliphatic rings. The normalized spacial score (nSPS) is 10.6. The summed E-state index contributed by atoms with van der Waals surface area (Å²) >= 11 is 0. The Morgan fingerprint density at radius 2 is 2.05 bits per heavy atom. The highest BCUT2D eigenvalue weighted by molar-refractivity contribution is 6.04. The summed E-state index contributed by atoms with van der Waals surface area (Å²) in [7, 11) is 3.56. The van der Waals surface area contributed by atoms with E-state index in [0.717, 1.165) is 5.56 Å². The van der Waals surface area contributed by atoms with Crippen molar-refractivity contribution >= 4 is 11.6 Å². The van der Waals surface area contributed by atoms with Crippen molar-refractivity contribution in [2.45, 2.75) is 0 Å². The molecule has 0 fully saturated rings. The minimum atomic E-state index is -0.229. The van der Waals surface area contributed by atoms with Crippen molar-refractivity contribution in [2.24, 2.45) is 14.1 Å². The number of hydrogen-bond acceptors (Lipinski definition) is 4. The van der Waals surface area contributed by atoms with Crippen LogP contribution in [0.5, 0.6) is 0 Å². The molecule has 0 aliphatic heterocycles. The van der Waals surface area contributed by atoms with E-state index in [0.29, 0.717) is 17.1 Å². The molecular formula is C14H14N6O. The summed E-state index contributed by atoms with van der Waals surface area (Å²) in [4.78, 5) is 16.6. The number of pyridine rings is 1. The Morgan fingerprint density at radius 3 is 2.71 bits per heavy atom. The van der Waals surface area contributed by atoms with Gasteiger partial charge in [-0.1, -0.05) is 0 Å². The first-order chi connectivity index (χ1) is 10.1. The largest absolute Gasteiger partial charge is 0.319 e. The number of aryl methyl sites for hydroxylation is 2. The van der Waals surface area contributed by atoms with Gasteiger partial charge < -0.3 is 5.32 Å². The summed E-state index contributed by atoms with van der Waals surface area (Å²) < 4.78 is 3.21. The van der Waals surface area contributed by atoms with Gasteiger partial charge in [-0.15, -0.1) is 0 Å². The number of anilines is 1. The Kier molecular flexibility index (Phi) is 3.23. The van der Waals surface area contributed by atoms with Crippen LogP contribution in [0, 0.1) is 0 Å². The third-order valence-electron chi connectivity index (χ3n) is 3.09. The summed E-state index contributed by atoms with van der Waals surface area (Å²) in [6, 6.07) is 5.25. The van der Waals surface area contributed by atoms with Crippen molar-refractivity contribution in [1.82, 2.24) is 24.5 Å². The van der Waals surface area contributed by atoms with Crippen LogP contribution in [-0.2, 0) is 14.1 Å². The monoisotopic (exact) mass is 282 g/mol. The maximum Gasteiger partial charge on any atom is 0.273 e. The van der Waals surface area contributed by atoms with Gasteiger partial charge in [0.25, 0.3) is 5.91 Å². The fraction of sp³-hybridized carbons (Fsp3) is 0.143. The average Bonchev–Trinajstić information content (AvgIpc) is 3.08. The van der Waals surface area contributed by atoms with Gasteiger partial charge in [0.2, 0.25) is 0 Å². The minimum absolute atomic E-state index is 0.229. The van der Waals surface area contributed by atoms with E-state index in [1.807, 2.05) is 19.3 Å². The van der Waals surface area contributed by atoms with Crippen molar-refractivity contribution in [1.29, 1.82) is 0 Å². The van der Waals surface area contributed by atoms with Crippen LogP contribution in [0.3, 0.4) is 0 Å². The molecule has 21 heavy (non-hydrogen) atoms. The smallest absolute Gasteiger partial charge is 0.273 e. The fourth-order valence-corrected chi connectivity index (χ4v) is 2.06. The lowest BCUT2D eigenvalue weighted by Crippen LogP contribution is -2.16. The molecule has 0 saturated carbocycles. The van der Waals surface area contributed by atoms with Crippen molar-refractivity contribution in [3.63, 3.8) is 0 Å². The predicted octanol–water partition coefficient (Wildman–Crippen LogP) is 1.47. The van der Waals surface area contributed by atoms with Crippen LogP contribution < -0.4 is 5.32 Å². The molecule has 3 rings (SSSR count). The molecule has 3 aromatic heterocycles. The van der Waals surface area contributed by atoms with Crippen LogP contribution >= 0.6 is 0 Å². The van der Waals surface area contributed by atoms with Gasteiger partial charge in [0.1, 0.15) is 5.69 Å². The summed E-state index contributed by atoms with van der Waals surface area (Å²) in [5, 5.41) is 11.0. The van der Waals surface area contributed by atoms with Crippen LogP contribution in [0.4, 0.5) is 5.69 Å². The number of hydrogen-bond donors (Lipinski definition) is 1. The molecule has 0 unspecified atom stereocenters. The summed E-state index contributed by atoms with van der Waals surface area (Å²) in [6.45, 7) is 0. The topological polar surface area (TPSA) is 77.6 Å². The van der Waals surface area contributed by atoms with E-state index in [-0.39, 0.29) is 5.91 Å². The third-order valence-corrected chi connectivity index (χ3v) is 3.09. The van der Waals surface area contributed by atoms with Gasteiger partial charge in [-0.2, -0.15) is 10.2 Å². The summed E-state index contributed by atoms with van der Waals surface area (Å²) in [6.07, 6.45) is 6.83. The van der Waals surface area contributed by atoms with Gasteiger partial charge in [-0.05, 0) is 18.2 Å². The van der Waals surface area contributed by atoms with Crippen molar-refractivity contribution in [3.05, 3.63) is 48.7 Å². The van der Waals surface area contributed by atoms with Crippen molar-refractivity contribution in [2.75, 3.05) is 5.32 Å². The molecule has 0 radical (unpaired) electrons. The van der Waals surface area contributed by atoms with Gasteiger partial charge in [0.15, 0.2) is 0 Å². The maximum absolute atomic E-state index is 12.3. The van der Waals surface area contributed by atoms with E-state index < -0.39 is 0 Å². The highest BCUT2D eigenvalue weighted by atomic mass is 16.2. The number of aromatic nitrogens is 5. The predicted molar refractivity (Wildman–Crippen MR) is 77.6 cm³/mol. The van der Waals surface area contributed by atoms with E-state index in [1.165, 1.54) is 4.68 Å². The third kappa shape index (κ3) is 2.53. The lowest BCUT2D eigenvalue weighted by atomic mass is 10.2. The van der Waals surface area contributed by atoms with E-state index >= 15 is 0 Å². The number of amides is 1. The molecule has 0 aromatic carbocycles. The second-order valence-corrected chi connectivity index (χ2v) is 4.60. The molecule has 1 N–H and O–H groups in total. The van der Waals surface area contributed by atoms with Gasteiger partial charge in [-0.25, -0.2) is 0 Å². The Bertz CT molecular complexity index is 788. The molecule has 7 heteroatoms. The number of carbonyl (C=O) groups is 1. The van der Waals surface area contributed by atoms with Crippen molar-refractivity contribution in [3.8, 4) is 11.3 Å². The number of nitrogens with one attached hydrogen (secondary N) is 1. The molecular weight excluding hydrogens is 268 g/mol. The lowest BCUT2D eigenvalue weighted by molar-refractivity contribution is 0.101. The molecule has 0 bridgehead atoms. The molecule has 7 nitrogen and oxygen atoms in total. The van der Waals surface area contributed by atoms with E-state index in [4.69, 9.17) is 0 Å². The first-order valence-electron chi connectivity index (χ1n) is 6.38. The van der Waals surface area contributed by atoms with Gasteiger partial charge in [-0.3, -0.25) is 19.1 Å². The highest BCUT2D eigenvalue weighted by Crippen LogP contribution is 2.25. The molecule has 0 saturated heterocycles. The lowest BCUT2D eigenvalue weighted by Gasteiger charge is -2.09. The maximum atomic E-state index is 12.3. The Morgan fingerprint density at radius 1 is 1.19 bits per heavy atom. The summed E-state index contributed by atoms with van der Waals surface area (Å²) in [5.41, 5.74) is 2.65. The Hall–Kier alpha value is -2.96. The minimum Gasteiger partial charge on any atom is -0.319 e. The average molecular weight is 282 g/mol. The number of nitrogens with zero attached hydrogens (tertiary/aromatic N) is 5. The Labute approximate surface area is 121 Å². The first kappa shape index (κ1) is 13.0. The van der Waals surface area contributed by atoms with E-state index in [9.17, 15) is 4.79 Å². The highest BCUT2D eigenvalue weighted by Gasteiger charge is 2.14. The van der Waals surface area contributed by atoms with Crippen LogP contribution in [0.1, 0.15) is 10.5 Å². The first-order valence-corrected chi connectivity index (χ1v) is 6.38. The van der Waals surface area contributed by atoms with Crippen LogP contribution in [0.2, 0.25) is 0 Å². The number of rotatable bonds is 3. The molecule has 3 heterocycles. The molecule has 0 atom stereocenters. The second kappa shape index (κ2) is 5.20. The summed E-state index contributed by atoms with van der Waals surface area (Å²) in [5.74, 6) is -0.229. The number of carbonyl (C=O) groups excluding carboxylic acids is 1. The SMILES string of the molecule is Cn1cc(-c2ncccc2NC(=O)c2ccnn2C)cn1. The molecule has 106 valence electrons. The zero-order valence-electron chi connectivity index (χ0n) is 11.7. The second-order valence-electron chi connectivity index (χ2n) is 4.60. The van der Waals surface area contributed by atoms with E-state index in [1.54, 1.807) is 42.5 Å². The van der Waals surface area contributed by atoms with Gasteiger partial charge >= 0.3 is 0 Å². The van der Waals surface area contributed by atoms with Crippen LogP contribution in [0.25, 0.3) is 11.3 Å².